The largest absolute Gasteiger partial charge is 0.339 e. The van der Waals surface area contributed by atoms with Gasteiger partial charge in [0.2, 0.25) is 17.6 Å². The van der Waals surface area contributed by atoms with E-state index < -0.39 is 5.82 Å². The second-order valence-electron chi connectivity index (χ2n) is 5.79. The molecule has 3 heterocycles. The predicted octanol–water partition coefficient (Wildman–Crippen LogP) is 3.77. The molecule has 1 saturated heterocycles. The Morgan fingerprint density at radius 1 is 1.38 bits per heavy atom. The summed E-state index contributed by atoms with van der Waals surface area (Å²) in [6.45, 7) is 2.15. The average Bonchev–Trinajstić information content (AvgIpc) is 3.27. The lowest BCUT2D eigenvalue weighted by atomic mass is 10.1. The van der Waals surface area contributed by atoms with Crippen molar-refractivity contribution in [2.75, 3.05) is 11.4 Å². The van der Waals surface area contributed by atoms with Crippen LogP contribution in [0.4, 0.5) is 10.1 Å². The minimum atomic E-state index is -0.395. The fourth-order valence-electron chi connectivity index (χ4n) is 2.84. The molecule has 0 bridgehead atoms. The molecule has 0 radical (unpaired) electrons. The molecule has 1 amide bonds. The van der Waals surface area contributed by atoms with Crippen LogP contribution in [0.3, 0.4) is 0 Å². The molecule has 4 rings (SSSR count). The number of aromatic nitrogens is 2. The van der Waals surface area contributed by atoms with Crippen molar-refractivity contribution in [1.29, 1.82) is 0 Å². The van der Waals surface area contributed by atoms with Crippen LogP contribution in [0.2, 0.25) is 0 Å². The molecule has 24 heavy (non-hydrogen) atoms. The number of rotatable bonds is 3. The van der Waals surface area contributed by atoms with Gasteiger partial charge >= 0.3 is 0 Å². The molecule has 5 nitrogen and oxygen atoms in total. The summed E-state index contributed by atoms with van der Waals surface area (Å²) in [5.41, 5.74) is 1.11. The minimum Gasteiger partial charge on any atom is -0.339 e. The zero-order valence-corrected chi connectivity index (χ0v) is 13.7. The first-order chi connectivity index (χ1) is 11.6. The van der Waals surface area contributed by atoms with E-state index in [0.29, 0.717) is 23.9 Å². The second-order valence-corrected chi connectivity index (χ2v) is 6.74. The summed E-state index contributed by atoms with van der Waals surface area (Å²) < 4.78 is 19.5. The molecule has 1 unspecified atom stereocenters. The van der Waals surface area contributed by atoms with Crippen molar-refractivity contribution in [1.82, 2.24) is 10.1 Å². The van der Waals surface area contributed by atoms with Crippen LogP contribution >= 0.6 is 11.3 Å². The zero-order valence-electron chi connectivity index (χ0n) is 12.9. The summed E-state index contributed by atoms with van der Waals surface area (Å²) in [7, 11) is 0. The van der Waals surface area contributed by atoms with Gasteiger partial charge in [0.15, 0.2) is 0 Å². The molecule has 2 aromatic heterocycles. The van der Waals surface area contributed by atoms with Gasteiger partial charge in [-0.15, -0.1) is 11.3 Å². The van der Waals surface area contributed by atoms with Gasteiger partial charge in [0, 0.05) is 13.0 Å². The standard InChI is InChI=1S/C17H14FN3O2S/c1-10-4-5-13(12(18)7-10)21-9-11(8-15(21)22)17-19-16(20-23-17)14-3-2-6-24-14/h2-7,11H,8-9H2,1H3. The molecule has 1 aliphatic rings. The van der Waals surface area contributed by atoms with Gasteiger partial charge < -0.3 is 9.42 Å². The molecule has 3 aromatic rings. The summed E-state index contributed by atoms with van der Waals surface area (Å²) in [5, 5.41) is 5.91. The van der Waals surface area contributed by atoms with Crippen molar-refractivity contribution < 1.29 is 13.7 Å². The van der Waals surface area contributed by atoms with E-state index in [0.717, 1.165) is 10.4 Å². The van der Waals surface area contributed by atoms with Gasteiger partial charge in [-0.3, -0.25) is 4.79 Å². The molecule has 0 N–H and O–H groups in total. The van der Waals surface area contributed by atoms with Crippen LogP contribution in [0.5, 0.6) is 0 Å². The molecular weight excluding hydrogens is 329 g/mol. The van der Waals surface area contributed by atoms with E-state index in [4.69, 9.17) is 4.52 Å². The smallest absolute Gasteiger partial charge is 0.232 e. The number of anilines is 1. The van der Waals surface area contributed by atoms with E-state index in [1.165, 1.54) is 22.3 Å². The number of hydrogen-bond acceptors (Lipinski definition) is 5. The van der Waals surface area contributed by atoms with Gasteiger partial charge in [-0.1, -0.05) is 17.3 Å². The van der Waals surface area contributed by atoms with Crippen LogP contribution in [-0.2, 0) is 4.79 Å². The molecule has 1 fully saturated rings. The summed E-state index contributed by atoms with van der Waals surface area (Å²) in [6, 6.07) is 8.68. The van der Waals surface area contributed by atoms with Crippen LogP contribution < -0.4 is 4.90 Å². The van der Waals surface area contributed by atoms with E-state index in [1.54, 1.807) is 12.1 Å². The molecule has 0 spiro atoms. The normalized spacial score (nSPS) is 17.7. The first-order valence-electron chi connectivity index (χ1n) is 7.56. The molecule has 0 saturated carbocycles. The fourth-order valence-corrected chi connectivity index (χ4v) is 3.49. The number of carbonyl (C=O) groups excluding carboxylic acids is 1. The van der Waals surface area contributed by atoms with Crippen molar-refractivity contribution in [3.8, 4) is 10.7 Å². The Labute approximate surface area is 141 Å². The van der Waals surface area contributed by atoms with Gasteiger partial charge in [-0.25, -0.2) is 4.39 Å². The minimum absolute atomic E-state index is 0.140. The van der Waals surface area contributed by atoms with Crippen molar-refractivity contribution >= 4 is 22.9 Å². The lowest BCUT2D eigenvalue weighted by Gasteiger charge is -2.17. The third-order valence-electron chi connectivity index (χ3n) is 4.05. The number of hydrogen-bond donors (Lipinski definition) is 0. The van der Waals surface area contributed by atoms with Crippen LogP contribution in [0, 0.1) is 12.7 Å². The Morgan fingerprint density at radius 3 is 3.00 bits per heavy atom. The first kappa shape index (κ1) is 15.0. The first-order valence-corrected chi connectivity index (χ1v) is 8.44. The van der Waals surface area contributed by atoms with Crippen LogP contribution in [0.25, 0.3) is 10.7 Å². The summed E-state index contributed by atoms with van der Waals surface area (Å²) in [5.74, 6) is 0.182. The van der Waals surface area contributed by atoms with Crippen molar-refractivity contribution in [2.24, 2.45) is 0 Å². The Balaban J connectivity index is 1.58. The number of thiophene rings is 1. The summed E-state index contributed by atoms with van der Waals surface area (Å²) in [4.78, 5) is 19.1. The van der Waals surface area contributed by atoms with Gasteiger partial charge in [-0.05, 0) is 36.1 Å². The molecule has 1 aliphatic heterocycles. The molecule has 0 aliphatic carbocycles. The number of halogens is 1. The molecular formula is C17H14FN3O2S. The van der Waals surface area contributed by atoms with Gasteiger partial charge in [-0.2, -0.15) is 4.98 Å². The lowest BCUT2D eigenvalue weighted by Crippen LogP contribution is -2.25. The van der Waals surface area contributed by atoms with E-state index in [1.807, 2.05) is 24.4 Å². The lowest BCUT2D eigenvalue weighted by molar-refractivity contribution is -0.117. The average molecular weight is 343 g/mol. The van der Waals surface area contributed by atoms with E-state index in [-0.39, 0.29) is 18.2 Å². The Hall–Kier alpha value is -2.54. The maximum atomic E-state index is 14.2. The summed E-state index contributed by atoms with van der Waals surface area (Å²) >= 11 is 1.52. The predicted molar refractivity (Wildman–Crippen MR) is 88.5 cm³/mol. The monoisotopic (exact) mass is 343 g/mol. The highest BCUT2D eigenvalue weighted by molar-refractivity contribution is 7.13. The Kier molecular flexibility index (Phi) is 3.65. The van der Waals surface area contributed by atoms with E-state index >= 15 is 0 Å². The number of benzene rings is 1. The van der Waals surface area contributed by atoms with Crippen molar-refractivity contribution in [3.63, 3.8) is 0 Å². The Bertz CT molecular complexity index is 891. The van der Waals surface area contributed by atoms with Crippen molar-refractivity contribution in [3.05, 3.63) is 53.0 Å². The van der Waals surface area contributed by atoms with Crippen molar-refractivity contribution in [2.45, 2.75) is 19.3 Å². The van der Waals surface area contributed by atoms with E-state index in [2.05, 4.69) is 10.1 Å². The summed E-state index contributed by atoms with van der Waals surface area (Å²) in [6.07, 6.45) is 0.236. The quantitative estimate of drug-likeness (QED) is 0.726. The van der Waals surface area contributed by atoms with Gasteiger partial charge in [0.1, 0.15) is 5.82 Å². The van der Waals surface area contributed by atoms with Gasteiger partial charge in [0.25, 0.3) is 0 Å². The third kappa shape index (κ3) is 2.60. The maximum absolute atomic E-state index is 14.2. The van der Waals surface area contributed by atoms with E-state index in [9.17, 15) is 9.18 Å². The zero-order chi connectivity index (χ0) is 16.7. The number of carbonyl (C=O) groups is 1. The highest BCUT2D eigenvalue weighted by Gasteiger charge is 2.36. The molecule has 7 heteroatoms. The highest BCUT2D eigenvalue weighted by atomic mass is 32.1. The highest BCUT2D eigenvalue weighted by Crippen LogP contribution is 2.33. The molecule has 1 aromatic carbocycles. The van der Waals surface area contributed by atoms with Crippen LogP contribution in [0.15, 0.2) is 40.2 Å². The topological polar surface area (TPSA) is 59.2 Å². The molecule has 1 atom stereocenters. The molecule has 122 valence electrons. The Morgan fingerprint density at radius 2 is 2.25 bits per heavy atom. The fraction of sp³-hybridized carbons (Fsp3) is 0.235. The maximum Gasteiger partial charge on any atom is 0.232 e. The van der Waals surface area contributed by atoms with Crippen LogP contribution in [0.1, 0.15) is 23.8 Å². The second kappa shape index (κ2) is 5.83. The third-order valence-corrected chi connectivity index (χ3v) is 4.92. The number of nitrogens with zero attached hydrogens (tertiary/aromatic N) is 3. The number of amides is 1. The SMILES string of the molecule is Cc1ccc(N2CC(c3nc(-c4cccs4)no3)CC2=O)c(F)c1. The van der Waals surface area contributed by atoms with Crippen LogP contribution in [-0.4, -0.2) is 22.6 Å². The van der Waals surface area contributed by atoms with Gasteiger partial charge in [0.05, 0.1) is 16.5 Å². The number of aryl methyl sites for hydroxylation is 1.